The van der Waals surface area contributed by atoms with Crippen molar-refractivity contribution in [2.45, 2.75) is 20.8 Å². The fraction of sp³-hybridized carbons (Fsp3) is 0.389. The zero-order valence-corrected chi connectivity index (χ0v) is 16.1. The lowest BCUT2D eigenvalue weighted by molar-refractivity contribution is 0.0948. The van der Waals surface area contributed by atoms with Gasteiger partial charge in [-0.3, -0.25) is 9.69 Å². The van der Waals surface area contributed by atoms with Crippen molar-refractivity contribution in [3.05, 3.63) is 41.3 Å². The average Bonchev–Trinajstić information content (AvgIpc) is 3.25. The molecule has 27 heavy (non-hydrogen) atoms. The molecule has 0 bridgehead atoms. The van der Waals surface area contributed by atoms with Crippen LogP contribution in [-0.4, -0.2) is 47.1 Å². The van der Waals surface area contributed by atoms with Gasteiger partial charge in [0.05, 0.1) is 10.4 Å². The van der Waals surface area contributed by atoms with Crippen LogP contribution in [0.3, 0.4) is 0 Å². The summed E-state index contributed by atoms with van der Waals surface area (Å²) in [5.41, 5.74) is 0.630. The van der Waals surface area contributed by atoms with Crippen LogP contribution in [0, 0.1) is 18.6 Å². The van der Waals surface area contributed by atoms with Gasteiger partial charge in [0, 0.05) is 25.2 Å². The number of rotatable bonds is 7. The molecule has 2 aromatic heterocycles. The minimum atomic E-state index is -0.751. The number of hydrogen-bond acceptors (Lipinski definition) is 6. The van der Waals surface area contributed by atoms with E-state index in [4.69, 9.17) is 4.52 Å². The highest BCUT2D eigenvalue weighted by Gasteiger charge is 2.25. The highest BCUT2D eigenvalue weighted by Crippen LogP contribution is 2.32. The number of benzene rings is 1. The summed E-state index contributed by atoms with van der Waals surface area (Å²) in [7, 11) is 0. The van der Waals surface area contributed by atoms with Crippen molar-refractivity contribution >= 4 is 32.6 Å². The topological polar surface area (TPSA) is 62.5 Å². The molecular formula is C18H20F2N4O2S. The lowest BCUT2D eigenvalue weighted by atomic mass is 10.3. The van der Waals surface area contributed by atoms with E-state index in [1.807, 2.05) is 13.8 Å². The largest absolute Gasteiger partial charge is 0.351 e. The van der Waals surface area contributed by atoms with Gasteiger partial charge >= 0.3 is 0 Å². The van der Waals surface area contributed by atoms with Gasteiger partial charge in [0.2, 0.25) is 5.76 Å². The van der Waals surface area contributed by atoms with E-state index >= 15 is 0 Å². The minimum absolute atomic E-state index is 0.0470. The number of halogens is 2. The quantitative estimate of drug-likeness (QED) is 0.609. The number of hydrogen-bond donors (Lipinski definition) is 0. The second-order valence-electron chi connectivity index (χ2n) is 6.05. The summed E-state index contributed by atoms with van der Waals surface area (Å²) in [6.07, 6.45) is 0. The Balaban J connectivity index is 1.98. The molecule has 0 aliphatic carbocycles. The van der Waals surface area contributed by atoms with Crippen molar-refractivity contribution in [1.29, 1.82) is 0 Å². The number of thiazole rings is 1. The van der Waals surface area contributed by atoms with E-state index in [1.54, 1.807) is 13.0 Å². The molecule has 0 spiro atoms. The molecule has 0 aliphatic rings. The van der Waals surface area contributed by atoms with Crippen LogP contribution in [-0.2, 0) is 0 Å². The molecule has 2 heterocycles. The Bertz CT molecular complexity index is 952. The summed E-state index contributed by atoms with van der Waals surface area (Å²) in [6.45, 7) is 8.40. The summed E-state index contributed by atoms with van der Waals surface area (Å²) >= 11 is 1.06. The van der Waals surface area contributed by atoms with Crippen LogP contribution in [0.1, 0.15) is 30.1 Å². The fourth-order valence-corrected chi connectivity index (χ4v) is 3.75. The molecule has 6 nitrogen and oxygen atoms in total. The molecule has 1 amide bonds. The molecule has 0 aliphatic heterocycles. The molecule has 9 heteroatoms. The number of aromatic nitrogens is 2. The first-order valence-electron chi connectivity index (χ1n) is 8.66. The highest BCUT2D eigenvalue weighted by atomic mass is 32.1. The number of likely N-dealkylation sites (N-methyl/N-ethyl adjacent to an activating group) is 1. The summed E-state index contributed by atoms with van der Waals surface area (Å²) < 4.78 is 33.0. The number of carbonyl (C=O) groups is 1. The molecule has 3 rings (SSSR count). The van der Waals surface area contributed by atoms with Crippen molar-refractivity contribution in [2.75, 3.05) is 31.1 Å². The van der Waals surface area contributed by atoms with Gasteiger partial charge in [0.25, 0.3) is 5.91 Å². The molecule has 144 valence electrons. The maximum Gasteiger partial charge on any atom is 0.298 e. The van der Waals surface area contributed by atoms with Gasteiger partial charge in [-0.05, 0) is 26.1 Å². The van der Waals surface area contributed by atoms with Crippen LogP contribution in [0.25, 0.3) is 10.2 Å². The van der Waals surface area contributed by atoms with Crippen LogP contribution in [0.15, 0.2) is 22.7 Å². The van der Waals surface area contributed by atoms with Gasteiger partial charge in [-0.1, -0.05) is 30.3 Å². The van der Waals surface area contributed by atoms with E-state index in [0.717, 1.165) is 30.5 Å². The van der Waals surface area contributed by atoms with Crippen molar-refractivity contribution in [3.8, 4) is 0 Å². The van der Waals surface area contributed by atoms with Crippen LogP contribution < -0.4 is 4.90 Å². The Hall–Kier alpha value is -2.39. The Morgan fingerprint density at radius 3 is 2.56 bits per heavy atom. The van der Waals surface area contributed by atoms with E-state index < -0.39 is 17.5 Å². The standard InChI is InChI=1S/C18H20F2N4O2S/c1-4-23(5-2)6-7-24(17(25)14-8-11(3)22-26-14)18-21-16-13(20)9-12(19)10-15(16)27-18/h8-10H,4-7H2,1-3H3. The Morgan fingerprint density at radius 2 is 1.93 bits per heavy atom. The molecule has 0 atom stereocenters. The maximum absolute atomic E-state index is 14.0. The number of nitrogens with zero attached hydrogens (tertiary/aromatic N) is 4. The molecule has 0 saturated heterocycles. The van der Waals surface area contributed by atoms with Gasteiger partial charge in [-0.25, -0.2) is 13.8 Å². The maximum atomic E-state index is 14.0. The molecule has 3 aromatic rings. The fourth-order valence-electron chi connectivity index (χ4n) is 2.72. The number of aryl methyl sites for hydroxylation is 1. The second kappa shape index (κ2) is 8.10. The summed E-state index contributed by atoms with van der Waals surface area (Å²) in [5.74, 6) is -1.76. The van der Waals surface area contributed by atoms with Crippen LogP contribution >= 0.6 is 11.3 Å². The van der Waals surface area contributed by atoms with E-state index in [1.165, 1.54) is 11.0 Å². The van der Waals surface area contributed by atoms with E-state index in [9.17, 15) is 13.6 Å². The van der Waals surface area contributed by atoms with E-state index in [0.29, 0.717) is 28.6 Å². The van der Waals surface area contributed by atoms with Crippen LogP contribution in [0.5, 0.6) is 0 Å². The molecule has 0 unspecified atom stereocenters. The first-order valence-corrected chi connectivity index (χ1v) is 9.47. The van der Waals surface area contributed by atoms with Crippen molar-refractivity contribution in [3.63, 3.8) is 0 Å². The van der Waals surface area contributed by atoms with Gasteiger partial charge in [0.1, 0.15) is 11.3 Å². The molecule has 0 fully saturated rings. The van der Waals surface area contributed by atoms with Crippen molar-refractivity contribution in [2.24, 2.45) is 0 Å². The molecular weight excluding hydrogens is 374 g/mol. The van der Waals surface area contributed by atoms with Gasteiger partial charge < -0.3 is 9.42 Å². The third kappa shape index (κ3) is 4.14. The predicted octanol–water partition coefficient (Wildman–Crippen LogP) is 3.86. The zero-order chi connectivity index (χ0) is 19.6. The summed E-state index contributed by atoms with van der Waals surface area (Å²) in [4.78, 5) is 20.8. The summed E-state index contributed by atoms with van der Waals surface area (Å²) in [5, 5.41) is 4.04. The monoisotopic (exact) mass is 394 g/mol. The smallest absolute Gasteiger partial charge is 0.298 e. The minimum Gasteiger partial charge on any atom is -0.351 e. The van der Waals surface area contributed by atoms with Gasteiger partial charge in [-0.2, -0.15) is 0 Å². The van der Waals surface area contributed by atoms with E-state index in [-0.39, 0.29) is 11.3 Å². The number of amides is 1. The molecule has 0 radical (unpaired) electrons. The SMILES string of the molecule is CCN(CC)CCN(C(=O)c1cc(C)no1)c1nc2c(F)cc(F)cc2s1. The van der Waals surface area contributed by atoms with Gasteiger partial charge in [-0.15, -0.1) is 0 Å². The number of fused-ring (bicyclic) bond motifs is 1. The number of carbonyl (C=O) groups excluding carboxylic acids is 1. The van der Waals surface area contributed by atoms with Crippen molar-refractivity contribution < 1.29 is 18.1 Å². The molecule has 0 saturated carbocycles. The van der Waals surface area contributed by atoms with E-state index in [2.05, 4.69) is 15.0 Å². The average molecular weight is 394 g/mol. The highest BCUT2D eigenvalue weighted by molar-refractivity contribution is 7.22. The zero-order valence-electron chi connectivity index (χ0n) is 15.3. The normalized spacial score (nSPS) is 11.5. The third-order valence-electron chi connectivity index (χ3n) is 4.25. The Labute approximate surface area is 159 Å². The van der Waals surface area contributed by atoms with Crippen molar-refractivity contribution in [1.82, 2.24) is 15.0 Å². The Kier molecular flexibility index (Phi) is 5.81. The first kappa shape index (κ1) is 19.4. The lowest BCUT2D eigenvalue weighted by Gasteiger charge is -2.23. The first-order chi connectivity index (χ1) is 12.9. The third-order valence-corrected chi connectivity index (χ3v) is 5.28. The lowest BCUT2D eigenvalue weighted by Crippen LogP contribution is -2.38. The number of anilines is 1. The van der Waals surface area contributed by atoms with Gasteiger partial charge in [0.15, 0.2) is 10.9 Å². The van der Waals surface area contributed by atoms with Crippen LogP contribution in [0.4, 0.5) is 13.9 Å². The summed E-state index contributed by atoms with van der Waals surface area (Å²) in [6, 6.07) is 3.54. The Morgan fingerprint density at radius 1 is 1.19 bits per heavy atom. The predicted molar refractivity (Wildman–Crippen MR) is 100 cm³/mol. The second-order valence-corrected chi connectivity index (χ2v) is 7.06. The van der Waals surface area contributed by atoms with Crippen LogP contribution in [0.2, 0.25) is 0 Å². The molecule has 0 N–H and O–H groups in total. The molecule has 1 aromatic carbocycles.